The average molecular weight is 405 g/mol. The van der Waals surface area contributed by atoms with Gasteiger partial charge in [0.1, 0.15) is 38.4 Å². The third-order valence-electron chi connectivity index (χ3n) is 5.52. The zero-order valence-corrected chi connectivity index (χ0v) is 15.9. The number of alkyl halides is 3. The van der Waals surface area contributed by atoms with Gasteiger partial charge < -0.3 is 9.88 Å². The summed E-state index contributed by atoms with van der Waals surface area (Å²) >= 11 is 0. The van der Waals surface area contributed by atoms with Crippen molar-refractivity contribution in [1.82, 2.24) is 9.97 Å². The molecule has 0 aliphatic carbocycles. The van der Waals surface area contributed by atoms with E-state index in [0.29, 0.717) is 35.6 Å². The van der Waals surface area contributed by atoms with Crippen molar-refractivity contribution in [2.45, 2.75) is 19.1 Å². The first kappa shape index (κ1) is 19.4. The second kappa shape index (κ2) is 7.47. The molecule has 0 spiro atoms. The number of nitrogens with zero attached hydrogens (tertiary/aromatic N) is 2. The number of aromatic amines is 2. The van der Waals surface area contributed by atoms with Gasteiger partial charge >= 0.3 is 6.18 Å². The highest BCUT2D eigenvalue weighted by molar-refractivity contribution is 5.77. The number of hydrogen-bond donors (Lipinski definition) is 2. The van der Waals surface area contributed by atoms with E-state index in [4.69, 9.17) is 0 Å². The van der Waals surface area contributed by atoms with Gasteiger partial charge in [-0.05, 0) is 25.1 Å². The van der Waals surface area contributed by atoms with Crippen LogP contribution in [0.1, 0.15) is 24.4 Å². The van der Waals surface area contributed by atoms with Crippen molar-refractivity contribution >= 4 is 16.7 Å². The van der Waals surface area contributed by atoms with Crippen LogP contribution < -0.4 is 20.3 Å². The lowest BCUT2D eigenvalue weighted by molar-refractivity contribution is -0.931. The highest BCUT2D eigenvalue weighted by atomic mass is 19.4. The summed E-state index contributed by atoms with van der Waals surface area (Å²) in [7, 11) is 0. The van der Waals surface area contributed by atoms with Gasteiger partial charge in [-0.25, -0.2) is 9.97 Å². The van der Waals surface area contributed by atoms with Crippen molar-refractivity contribution in [3.63, 3.8) is 0 Å². The van der Waals surface area contributed by atoms with Crippen molar-refractivity contribution in [2.75, 3.05) is 31.1 Å². The molecule has 0 unspecified atom stereocenters. The molecule has 4 rings (SSSR count). The Morgan fingerprint density at radius 1 is 1.17 bits per heavy atom. The fourth-order valence-corrected chi connectivity index (χ4v) is 3.76. The van der Waals surface area contributed by atoms with Crippen LogP contribution in [0.2, 0.25) is 0 Å². The SMILES string of the molecule is C[C@@H](c1nc2ccccc2c(=O)[nH]1)[NH+]1CCN(c2ccc(C(F)(F)F)c[nH+]2)CC1. The number of quaternary nitrogens is 1. The van der Waals surface area contributed by atoms with E-state index < -0.39 is 11.7 Å². The Labute approximate surface area is 165 Å². The van der Waals surface area contributed by atoms with E-state index in [1.807, 2.05) is 30.0 Å². The van der Waals surface area contributed by atoms with Crippen LogP contribution in [-0.2, 0) is 6.18 Å². The van der Waals surface area contributed by atoms with Gasteiger partial charge in [0.15, 0.2) is 5.82 Å². The van der Waals surface area contributed by atoms with Crippen LogP contribution in [0.5, 0.6) is 0 Å². The number of hydrogen-bond acceptors (Lipinski definition) is 3. The average Bonchev–Trinajstić information content (AvgIpc) is 2.73. The Morgan fingerprint density at radius 2 is 1.90 bits per heavy atom. The number of benzene rings is 1. The first-order chi connectivity index (χ1) is 13.8. The highest BCUT2D eigenvalue weighted by Crippen LogP contribution is 2.28. The molecule has 2 aromatic heterocycles. The molecule has 3 N–H and O–H groups in total. The number of rotatable bonds is 3. The maximum absolute atomic E-state index is 12.7. The Hall–Kier alpha value is -2.94. The van der Waals surface area contributed by atoms with Crippen LogP contribution in [0.25, 0.3) is 10.9 Å². The van der Waals surface area contributed by atoms with Crippen molar-refractivity contribution < 1.29 is 23.1 Å². The Morgan fingerprint density at radius 3 is 2.55 bits per heavy atom. The molecule has 1 atom stereocenters. The molecule has 6 nitrogen and oxygen atoms in total. The van der Waals surface area contributed by atoms with Gasteiger partial charge in [-0.15, -0.1) is 0 Å². The zero-order valence-electron chi connectivity index (χ0n) is 15.9. The van der Waals surface area contributed by atoms with Crippen LogP contribution in [0, 0.1) is 0 Å². The summed E-state index contributed by atoms with van der Waals surface area (Å²) in [5.74, 6) is 1.32. The Bertz CT molecular complexity index is 1060. The summed E-state index contributed by atoms with van der Waals surface area (Å²) in [4.78, 5) is 25.9. The Balaban J connectivity index is 1.45. The van der Waals surface area contributed by atoms with Gasteiger partial charge in [0.2, 0.25) is 0 Å². The minimum absolute atomic E-state index is 0.00559. The molecule has 1 aromatic carbocycles. The molecule has 3 aromatic rings. The topological polar surface area (TPSA) is 67.6 Å². The monoisotopic (exact) mass is 405 g/mol. The third-order valence-corrected chi connectivity index (χ3v) is 5.52. The normalized spacial score (nSPS) is 16.9. The van der Waals surface area contributed by atoms with Gasteiger partial charge in [0.25, 0.3) is 11.4 Å². The van der Waals surface area contributed by atoms with Gasteiger partial charge in [0, 0.05) is 6.07 Å². The van der Waals surface area contributed by atoms with Crippen LogP contribution in [-0.4, -0.2) is 36.1 Å². The van der Waals surface area contributed by atoms with Crippen molar-refractivity contribution in [1.29, 1.82) is 0 Å². The van der Waals surface area contributed by atoms with Crippen molar-refractivity contribution in [2.24, 2.45) is 0 Å². The quantitative estimate of drug-likeness (QED) is 0.689. The van der Waals surface area contributed by atoms with Gasteiger partial charge in [-0.3, -0.25) is 9.69 Å². The largest absolute Gasteiger partial charge is 0.419 e. The zero-order chi connectivity index (χ0) is 20.6. The van der Waals surface area contributed by atoms with E-state index in [1.165, 1.54) is 11.0 Å². The molecule has 9 heteroatoms. The van der Waals surface area contributed by atoms with Crippen LogP contribution in [0.15, 0.2) is 47.4 Å². The minimum atomic E-state index is -4.35. The molecule has 1 aliphatic heterocycles. The lowest BCUT2D eigenvalue weighted by Crippen LogP contribution is -3.15. The number of anilines is 1. The molecule has 0 bridgehead atoms. The minimum Gasteiger partial charge on any atom is -0.320 e. The summed E-state index contributed by atoms with van der Waals surface area (Å²) in [5.41, 5.74) is -0.157. The number of piperazine rings is 1. The van der Waals surface area contributed by atoms with E-state index in [1.54, 1.807) is 6.07 Å². The molecule has 0 radical (unpaired) electrons. The predicted octanol–water partition coefficient (Wildman–Crippen LogP) is 1.22. The first-order valence-corrected chi connectivity index (χ1v) is 9.50. The number of pyridine rings is 1. The summed E-state index contributed by atoms with van der Waals surface area (Å²) in [6, 6.07) is 9.82. The van der Waals surface area contributed by atoms with E-state index >= 15 is 0 Å². The van der Waals surface area contributed by atoms with Gasteiger partial charge in [-0.2, -0.15) is 13.2 Å². The molecule has 3 heterocycles. The molecule has 1 aliphatic rings. The molecular weight excluding hydrogens is 383 g/mol. The van der Waals surface area contributed by atoms with E-state index in [9.17, 15) is 18.0 Å². The van der Waals surface area contributed by atoms with Crippen molar-refractivity contribution in [3.05, 3.63) is 64.3 Å². The lowest BCUT2D eigenvalue weighted by Gasteiger charge is -2.31. The van der Waals surface area contributed by atoms with Crippen LogP contribution >= 0.6 is 0 Å². The molecule has 1 fully saturated rings. The fourth-order valence-electron chi connectivity index (χ4n) is 3.76. The summed E-state index contributed by atoms with van der Waals surface area (Å²) < 4.78 is 38.2. The first-order valence-electron chi connectivity index (χ1n) is 9.50. The third kappa shape index (κ3) is 3.95. The molecular formula is C20H22F3N5O+2. The van der Waals surface area contributed by atoms with E-state index in [0.717, 1.165) is 25.4 Å². The number of halogens is 3. The summed E-state index contributed by atoms with van der Waals surface area (Å²) in [5, 5.41) is 0.570. The maximum atomic E-state index is 12.7. The van der Waals surface area contributed by atoms with E-state index in [2.05, 4.69) is 15.0 Å². The number of aromatic nitrogens is 3. The summed E-state index contributed by atoms with van der Waals surface area (Å²) in [6.07, 6.45) is -3.35. The standard InChI is InChI=1S/C20H20F3N5O/c1-13(18-25-16-5-3-2-4-15(16)19(29)26-18)27-8-10-28(11-9-27)17-7-6-14(12-24-17)20(21,22)23/h2-7,12-13H,8-11H2,1H3,(H,25,26,29)/p+2/t13-/m0/s1. The Kier molecular flexibility index (Phi) is 4.99. The second-order valence-electron chi connectivity index (χ2n) is 7.30. The molecule has 0 saturated carbocycles. The van der Waals surface area contributed by atoms with Gasteiger partial charge in [0.05, 0.1) is 16.5 Å². The maximum Gasteiger partial charge on any atom is 0.419 e. The molecule has 1 saturated heterocycles. The lowest BCUT2D eigenvalue weighted by atomic mass is 10.2. The number of para-hydroxylation sites is 1. The predicted molar refractivity (Wildman–Crippen MR) is 102 cm³/mol. The highest BCUT2D eigenvalue weighted by Gasteiger charge is 2.34. The van der Waals surface area contributed by atoms with Gasteiger partial charge in [-0.1, -0.05) is 12.1 Å². The number of H-pyrrole nitrogens is 2. The van der Waals surface area contributed by atoms with Crippen molar-refractivity contribution in [3.8, 4) is 0 Å². The smallest absolute Gasteiger partial charge is 0.320 e. The molecule has 152 valence electrons. The second-order valence-corrected chi connectivity index (χ2v) is 7.30. The number of fused-ring (bicyclic) bond motifs is 1. The van der Waals surface area contributed by atoms with Crippen LogP contribution in [0.4, 0.5) is 19.0 Å². The fraction of sp³-hybridized carbons (Fsp3) is 0.350. The molecule has 29 heavy (non-hydrogen) atoms. The number of nitrogens with one attached hydrogen (secondary N) is 3. The summed E-state index contributed by atoms with van der Waals surface area (Å²) in [6.45, 7) is 4.99. The van der Waals surface area contributed by atoms with Crippen LogP contribution in [0.3, 0.4) is 0 Å². The molecule has 0 amide bonds. The van der Waals surface area contributed by atoms with E-state index in [-0.39, 0.29) is 11.6 Å².